The third-order valence-corrected chi connectivity index (χ3v) is 3.98. The summed E-state index contributed by atoms with van der Waals surface area (Å²) in [6.45, 7) is 0. The van der Waals surface area contributed by atoms with Gasteiger partial charge in [-0.1, -0.05) is 28.1 Å². The maximum Gasteiger partial charge on any atom is 0.259 e. The molecule has 0 saturated heterocycles. The van der Waals surface area contributed by atoms with E-state index in [1.54, 1.807) is 6.07 Å². The Morgan fingerprint density at radius 2 is 1.95 bits per heavy atom. The van der Waals surface area contributed by atoms with Gasteiger partial charge in [-0.3, -0.25) is 10.1 Å². The zero-order chi connectivity index (χ0) is 14.1. The van der Waals surface area contributed by atoms with Gasteiger partial charge >= 0.3 is 0 Å². The Hall–Kier alpha value is -1.66. The van der Waals surface area contributed by atoms with Gasteiger partial charge in [0.15, 0.2) is 0 Å². The van der Waals surface area contributed by atoms with Gasteiger partial charge in [-0.15, -0.1) is 0 Å². The first-order valence-electron chi connectivity index (χ1n) is 5.84. The molecule has 2 aromatic carbocycles. The topological polar surface area (TPSA) is 57.8 Å². The fraction of sp³-hybridized carbons (Fsp3) is 0. The van der Waals surface area contributed by atoms with Crippen LogP contribution in [0.25, 0.3) is 11.0 Å². The van der Waals surface area contributed by atoms with Crippen molar-refractivity contribution in [2.45, 2.75) is 0 Å². The van der Waals surface area contributed by atoms with Gasteiger partial charge in [0.2, 0.25) is 5.95 Å². The molecule has 6 heteroatoms. The van der Waals surface area contributed by atoms with E-state index in [4.69, 9.17) is 0 Å². The molecule has 4 nitrogen and oxygen atoms in total. The van der Waals surface area contributed by atoms with Gasteiger partial charge in [0.1, 0.15) is 0 Å². The van der Waals surface area contributed by atoms with Crippen LogP contribution in [0.2, 0.25) is 0 Å². The first-order chi connectivity index (χ1) is 9.63. The summed E-state index contributed by atoms with van der Waals surface area (Å²) >= 11 is 6.72. The van der Waals surface area contributed by atoms with Crippen LogP contribution in [0.15, 0.2) is 51.4 Å². The van der Waals surface area contributed by atoms with Crippen molar-refractivity contribution in [2.24, 2.45) is 0 Å². The Kier molecular flexibility index (Phi) is 3.58. The highest BCUT2D eigenvalue weighted by Crippen LogP contribution is 2.22. The fourth-order valence-corrected chi connectivity index (χ4v) is 2.65. The maximum atomic E-state index is 12.2. The van der Waals surface area contributed by atoms with Crippen LogP contribution in [0.1, 0.15) is 10.4 Å². The average Bonchev–Trinajstić information content (AvgIpc) is 2.83. The first kappa shape index (κ1) is 13.3. The maximum absolute atomic E-state index is 12.2. The highest BCUT2D eigenvalue weighted by Gasteiger charge is 2.12. The molecule has 0 spiro atoms. The Morgan fingerprint density at radius 3 is 2.75 bits per heavy atom. The molecule has 20 heavy (non-hydrogen) atoms. The molecule has 0 bridgehead atoms. The van der Waals surface area contributed by atoms with Gasteiger partial charge in [-0.25, -0.2) is 4.98 Å². The number of carbonyl (C=O) groups excluding carboxylic acids is 1. The van der Waals surface area contributed by atoms with Gasteiger partial charge in [0, 0.05) is 8.95 Å². The molecule has 100 valence electrons. The van der Waals surface area contributed by atoms with E-state index in [1.807, 2.05) is 36.4 Å². The molecule has 0 unspecified atom stereocenters. The van der Waals surface area contributed by atoms with Crippen LogP contribution in [0, 0.1) is 0 Å². The van der Waals surface area contributed by atoms with E-state index in [0.29, 0.717) is 11.5 Å². The van der Waals surface area contributed by atoms with Gasteiger partial charge in [0.25, 0.3) is 5.91 Å². The van der Waals surface area contributed by atoms with Crippen LogP contribution in [-0.4, -0.2) is 15.9 Å². The number of aromatic nitrogens is 2. The predicted molar refractivity (Wildman–Crippen MR) is 85.9 cm³/mol. The van der Waals surface area contributed by atoms with Gasteiger partial charge in [0.05, 0.1) is 16.6 Å². The lowest BCUT2D eigenvalue weighted by atomic mass is 10.2. The normalized spacial score (nSPS) is 10.7. The van der Waals surface area contributed by atoms with Crippen molar-refractivity contribution >= 4 is 54.7 Å². The SMILES string of the molecule is O=C(Nc1nc2ccccc2[nH]1)c1cc(Br)ccc1Br. The Balaban J connectivity index is 1.90. The number of hydrogen-bond donors (Lipinski definition) is 2. The molecule has 0 aliphatic heterocycles. The first-order valence-corrected chi connectivity index (χ1v) is 7.43. The number of nitrogens with zero attached hydrogens (tertiary/aromatic N) is 1. The molecule has 1 amide bonds. The number of para-hydroxylation sites is 2. The largest absolute Gasteiger partial charge is 0.324 e. The second-order valence-corrected chi connectivity index (χ2v) is 5.95. The summed E-state index contributed by atoms with van der Waals surface area (Å²) in [4.78, 5) is 19.6. The van der Waals surface area contributed by atoms with Crippen molar-refractivity contribution in [2.75, 3.05) is 5.32 Å². The van der Waals surface area contributed by atoms with Crippen molar-refractivity contribution in [1.82, 2.24) is 9.97 Å². The molecule has 0 radical (unpaired) electrons. The predicted octanol–water partition coefficient (Wildman–Crippen LogP) is 4.34. The zero-order valence-corrected chi connectivity index (χ0v) is 13.3. The second-order valence-electron chi connectivity index (χ2n) is 4.18. The van der Waals surface area contributed by atoms with E-state index in [9.17, 15) is 4.79 Å². The lowest BCUT2D eigenvalue weighted by molar-refractivity contribution is 0.102. The van der Waals surface area contributed by atoms with Crippen molar-refractivity contribution in [1.29, 1.82) is 0 Å². The Bertz CT molecular complexity index is 765. The van der Waals surface area contributed by atoms with E-state index < -0.39 is 0 Å². The number of H-pyrrole nitrogens is 1. The third-order valence-electron chi connectivity index (χ3n) is 2.79. The lowest BCUT2D eigenvalue weighted by Crippen LogP contribution is -2.13. The lowest BCUT2D eigenvalue weighted by Gasteiger charge is -2.04. The molecular weight excluding hydrogens is 386 g/mol. The quantitative estimate of drug-likeness (QED) is 0.679. The highest BCUT2D eigenvalue weighted by molar-refractivity contribution is 9.11. The summed E-state index contributed by atoms with van der Waals surface area (Å²) in [5.74, 6) is 0.209. The third kappa shape index (κ3) is 2.62. The number of aromatic amines is 1. The minimum atomic E-state index is -0.225. The molecule has 2 N–H and O–H groups in total. The molecule has 3 rings (SSSR count). The number of halogens is 2. The van der Waals surface area contributed by atoms with Crippen molar-refractivity contribution < 1.29 is 4.79 Å². The minimum absolute atomic E-state index is 0.225. The van der Waals surface area contributed by atoms with Crippen LogP contribution in [-0.2, 0) is 0 Å². The Morgan fingerprint density at radius 1 is 1.15 bits per heavy atom. The summed E-state index contributed by atoms with van der Waals surface area (Å²) in [5.41, 5.74) is 2.24. The van der Waals surface area contributed by atoms with Crippen molar-refractivity contribution in [3.05, 3.63) is 57.0 Å². The van der Waals surface area contributed by atoms with Gasteiger partial charge < -0.3 is 4.98 Å². The van der Waals surface area contributed by atoms with Crippen LogP contribution < -0.4 is 5.32 Å². The number of rotatable bonds is 2. The molecule has 0 atom stereocenters. The summed E-state index contributed by atoms with van der Waals surface area (Å²) < 4.78 is 1.57. The summed E-state index contributed by atoms with van der Waals surface area (Å²) in [6, 6.07) is 13.0. The van der Waals surface area contributed by atoms with E-state index in [-0.39, 0.29) is 5.91 Å². The Labute approximate surface area is 131 Å². The number of hydrogen-bond acceptors (Lipinski definition) is 2. The number of nitrogens with one attached hydrogen (secondary N) is 2. The van der Waals surface area contributed by atoms with E-state index in [0.717, 1.165) is 20.0 Å². The minimum Gasteiger partial charge on any atom is -0.324 e. The highest BCUT2D eigenvalue weighted by atomic mass is 79.9. The van der Waals surface area contributed by atoms with Crippen LogP contribution in [0.4, 0.5) is 5.95 Å². The number of anilines is 1. The summed E-state index contributed by atoms with van der Waals surface area (Å²) in [6.07, 6.45) is 0. The van der Waals surface area contributed by atoms with Gasteiger partial charge in [-0.2, -0.15) is 0 Å². The van der Waals surface area contributed by atoms with E-state index in [1.165, 1.54) is 0 Å². The van der Waals surface area contributed by atoms with E-state index >= 15 is 0 Å². The fourth-order valence-electron chi connectivity index (χ4n) is 1.86. The number of benzene rings is 2. The number of carbonyl (C=O) groups is 1. The monoisotopic (exact) mass is 393 g/mol. The summed E-state index contributed by atoms with van der Waals surface area (Å²) in [5, 5.41) is 2.76. The molecule has 0 fully saturated rings. The van der Waals surface area contributed by atoms with Crippen LogP contribution >= 0.6 is 31.9 Å². The van der Waals surface area contributed by atoms with Crippen molar-refractivity contribution in [3.8, 4) is 0 Å². The van der Waals surface area contributed by atoms with Gasteiger partial charge in [-0.05, 0) is 46.3 Å². The number of amides is 1. The number of fused-ring (bicyclic) bond motifs is 1. The number of imidazole rings is 1. The second kappa shape index (κ2) is 5.38. The average molecular weight is 395 g/mol. The molecule has 1 aromatic heterocycles. The molecular formula is C14H9Br2N3O. The molecule has 0 saturated carbocycles. The smallest absolute Gasteiger partial charge is 0.259 e. The molecule has 0 aliphatic carbocycles. The molecule has 0 aliphatic rings. The zero-order valence-electron chi connectivity index (χ0n) is 10.2. The summed E-state index contributed by atoms with van der Waals surface area (Å²) in [7, 11) is 0. The van der Waals surface area contributed by atoms with Crippen LogP contribution in [0.5, 0.6) is 0 Å². The van der Waals surface area contributed by atoms with Crippen molar-refractivity contribution in [3.63, 3.8) is 0 Å². The molecule has 1 heterocycles. The van der Waals surface area contributed by atoms with Crippen LogP contribution in [0.3, 0.4) is 0 Å². The molecule has 3 aromatic rings. The standard InChI is InChI=1S/C14H9Br2N3O/c15-8-5-6-10(16)9(7-8)13(20)19-14-17-11-3-1-2-4-12(11)18-14/h1-7H,(H2,17,18,19,20). The van der Waals surface area contributed by atoms with E-state index in [2.05, 4.69) is 47.1 Å².